The summed E-state index contributed by atoms with van der Waals surface area (Å²) in [6.45, 7) is 5.16. The number of nitrogens with zero attached hydrogens (tertiary/aromatic N) is 3. The van der Waals surface area contributed by atoms with E-state index in [1.165, 1.54) is 4.90 Å². The van der Waals surface area contributed by atoms with Gasteiger partial charge in [0.1, 0.15) is 0 Å². The van der Waals surface area contributed by atoms with E-state index in [0.717, 1.165) is 13.0 Å². The minimum Gasteiger partial charge on any atom is -0.406 e. The van der Waals surface area contributed by atoms with Crippen molar-refractivity contribution >= 4 is 6.01 Å². The molecule has 8 heteroatoms. The molecule has 1 aromatic rings. The molecule has 0 spiro atoms. The van der Waals surface area contributed by atoms with Crippen LogP contribution < -0.4 is 10.2 Å². The van der Waals surface area contributed by atoms with Crippen LogP contribution in [0.3, 0.4) is 0 Å². The Balaban J connectivity index is 2.00. The molecular formula is C13H21F3N4O. The Morgan fingerprint density at radius 1 is 1.43 bits per heavy atom. The van der Waals surface area contributed by atoms with Crippen molar-refractivity contribution in [1.82, 2.24) is 15.5 Å². The maximum atomic E-state index is 12.8. The van der Waals surface area contributed by atoms with E-state index in [9.17, 15) is 13.2 Å². The summed E-state index contributed by atoms with van der Waals surface area (Å²) >= 11 is 0. The lowest BCUT2D eigenvalue weighted by Crippen LogP contribution is -2.41. The maximum Gasteiger partial charge on any atom is 0.393 e. The van der Waals surface area contributed by atoms with E-state index in [2.05, 4.69) is 15.5 Å². The van der Waals surface area contributed by atoms with Crippen molar-refractivity contribution in [2.45, 2.75) is 45.3 Å². The first-order chi connectivity index (χ1) is 9.91. The van der Waals surface area contributed by atoms with Gasteiger partial charge in [0.05, 0.1) is 12.0 Å². The normalized spacial score (nSPS) is 21.6. The molecule has 0 bridgehead atoms. The van der Waals surface area contributed by atoms with E-state index in [-0.39, 0.29) is 25.0 Å². The van der Waals surface area contributed by atoms with Crippen molar-refractivity contribution in [3.63, 3.8) is 0 Å². The second-order valence-electron chi connectivity index (χ2n) is 5.43. The highest BCUT2D eigenvalue weighted by atomic mass is 19.4. The van der Waals surface area contributed by atoms with E-state index in [1.54, 1.807) is 0 Å². The van der Waals surface area contributed by atoms with Gasteiger partial charge in [-0.2, -0.15) is 13.2 Å². The fraction of sp³-hybridized carbons (Fsp3) is 0.846. The van der Waals surface area contributed by atoms with Crippen LogP contribution in [0.25, 0.3) is 0 Å². The summed E-state index contributed by atoms with van der Waals surface area (Å²) in [5, 5.41) is 11.0. The zero-order valence-electron chi connectivity index (χ0n) is 12.3. The molecule has 0 radical (unpaired) electrons. The summed E-state index contributed by atoms with van der Waals surface area (Å²) in [6.07, 6.45) is -2.55. The summed E-state index contributed by atoms with van der Waals surface area (Å²) in [7, 11) is 0. The van der Waals surface area contributed by atoms with Gasteiger partial charge in [0, 0.05) is 13.1 Å². The van der Waals surface area contributed by atoms with Gasteiger partial charge in [-0.05, 0) is 32.7 Å². The number of anilines is 1. The molecule has 1 saturated heterocycles. The third-order valence-corrected chi connectivity index (χ3v) is 3.66. The monoisotopic (exact) mass is 306 g/mol. The topological polar surface area (TPSA) is 54.2 Å². The quantitative estimate of drug-likeness (QED) is 0.906. The summed E-state index contributed by atoms with van der Waals surface area (Å²) in [6, 6.07) is 0.0819. The van der Waals surface area contributed by atoms with Gasteiger partial charge in [-0.25, -0.2) is 0 Å². The van der Waals surface area contributed by atoms with Gasteiger partial charge in [-0.15, -0.1) is 5.10 Å². The van der Waals surface area contributed by atoms with E-state index < -0.39 is 12.1 Å². The molecule has 1 N–H and O–H groups in total. The first-order valence-electron chi connectivity index (χ1n) is 7.30. The van der Waals surface area contributed by atoms with E-state index >= 15 is 0 Å². The van der Waals surface area contributed by atoms with Crippen molar-refractivity contribution in [1.29, 1.82) is 0 Å². The molecule has 1 aliphatic heterocycles. The van der Waals surface area contributed by atoms with Crippen LogP contribution >= 0.6 is 0 Å². The van der Waals surface area contributed by atoms with Gasteiger partial charge in [0.25, 0.3) is 0 Å². The third kappa shape index (κ3) is 4.09. The highest BCUT2D eigenvalue weighted by Gasteiger charge is 2.42. The Bertz CT molecular complexity index is 449. The minimum absolute atomic E-state index is 0.102. The molecule has 0 saturated carbocycles. The molecule has 2 unspecified atom stereocenters. The van der Waals surface area contributed by atoms with Crippen LogP contribution in [0, 0.1) is 5.92 Å². The molecule has 0 aromatic carbocycles. The van der Waals surface area contributed by atoms with E-state index in [4.69, 9.17) is 4.42 Å². The lowest BCUT2D eigenvalue weighted by Gasteiger charge is -2.32. The van der Waals surface area contributed by atoms with Crippen LogP contribution in [0.4, 0.5) is 19.2 Å². The number of hydrogen-bond acceptors (Lipinski definition) is 5. The van der Waals surface area contributed by atoms with Gasteiger partial charge >= 0.3 is 12.2 Å². The van der Waals surface area contributed by atoms with Crippen molar-refractivity contribution in [2.75, 3.05) is 24.5 Å². The summed E-state index contributed by atoms with van der Waals surface area (Å²) < 4.78 is 43.9. The molecule has 1 fully saturated rings. The first-order valence-corrected chi connectivity index (χ1v) is 7.30. The Hall–Kier alpha value is -1.31. The number of hydrogen-bond donors (Lipinski definition) is 1. The SMILES string of the molecule is CCCNC(C)c1nnc(N2CCCC(C(F)(F)F)C2)o1. The maximum absolute atomic E-state index is 12.8. The average molecular weight is 306 g/mol. The Morgan fingerprint density at radius 2 is 2.19 bits per heavy atom. The average Bonchev–Trinajstić information content (AvgIpc) is 2.94. The van der Waals surface area contributed by atoms with Crippen molar-refractivity contribution in [3.8, 4) is 0 Å². The summed E-state index contributed by atoms with van der Waals surface area (Å²) in [5.74, 6) is -0.912. The number of nitrogens with one attached hydrogen (secondary N) is 1. The number of rotatable bonds is 5. The van der Waals surface area contributed by atoms with Crippen molar-refractivity contribution in [3.05, 3.63) is 5.89 Å². The van der Waals surface area contributed by atoms with E-state index in [1.807, 2.05) is 13.8 Å². The molecule has 5 nitrogen and oxygen atoms in total. The number of halogens is 3. The molecular weight excluding hydrogens is 285 g/mol. The standard InChI is InChI=1S/C13H21F3N4O/c1-3-6-17-9(2)11-18-19-12(21-11)20-7-4-5-10(8-20)13(14,15)16/h9-10,17H,3-8H2,1-2H3. The Kier molecular flexibility index (Phi) is 5.08. The van der Waals surface area contributed by atoms with Crippen LogP contribution in [0.5, 0.6) is 0 Å². The zero-order valence-corrected chi connectivity index (χ0v) is 12.3. The van der Waals surface area contributed by atoms with Crippen molar-refractivity contribution in [2.24, 2.45) is 5.92 Å². The zero-order chi connectivity index (χ0) is 15.5. The van der Waals surface area contributed by atoms with Crippen molar-refractivity contribution < 1.29 is 17.6 Å². The van der Waals surface area contributed by atoms with Gasteiger partial charge < -0.3 is 14.6 Å². The summed E-state index contributed by atoms with van der Waals surface area (Å²) in [5.41, 5.74) is 0. The fourth-order valence-electron chi connectivity index (χ4n) is 2.40. The van der Waals surface area contributed by atoms with Crippen LogP contribution in [-0.4, -0.2) is 36.0 Å². The first kappa shape index (κ1) is 16.1. The van der Waals surface area contributed by atoms with Gasteiger partial charge in [-0.1, -0.05) is 12.0 Å². The lowest BCUT2D eigenvalue weighted by molar-refractivity contribution is -0.176. The molecule has 21 heavy (non-hydrogen) atoms. The minimum atomic E-state index is -4.17. The second kappa shape index (κ2) is 6.64. The highest BCUT2D eigenvalue weighted by Crippen LogP contribution is 2.34. The smallest absolute Gasteiger partial charge is 0.393 e. The lowest BCUT2D eigenvalue weighted by atomic mass is 9.98. The fourth-order valence-corrected chi connectivity index (χ4v) is 2.40. The predicted molar refractivity (Wildman–Crippen MR) is 72.0 cm³/mol. The van der Waals surface area contributed by atoms with Gasteiger partial charge in [0.2, 0.25) is 5.89 Å². The number of alkyl halides is 3. The largest absolute Gasteiger partial charge is 0.406 e. The summed E-state index contributed by atoms with van der Waals surface area (Å²) in [4.78, 5) is 1.53. The molecule has 2 atom stereocenters. The molecule has 2 heterocycles. The molecule has 1 aromatic heterocycles. The second-order valence-corrected chi connectivity index (χ2v) is 5.43. The van der Waals surface area contributed by atoms with Crippen LogP contribution in [-0.2, 0) is 0 Å². The van der Waals surface area contributed by atoms with Gasteiger partial charge in [0.15, 0.2) is 0 Å². The molecule has 1 aliphatic rings. The highest BCUT2D eigenvalue weighted by molar-refractivity contribution is 5.25. The molecule has 0 amide bonds. The third-order valence-electron chi connectivity index (χ3n) is 3.66. The molecule has 120 valence electrons. The Morgan fingerprint density at radius 3 is 2.86 bits per heavy atom. The Labute approximate surface area is 121 Å². The van der Waals surface area contributed by atoms with Crippen LogP contribution in [0.15, 0.2) is 4.42 Å². The molecule has 2 rings (SSSR count). The van der Waals surface area contributed by atoms with Crippen LogP contribution in [0.1, 0.15) is 45.0 Å². The van der Waals surface area contributed by atoms with Gasteiger partial charge in [-0.3, -0.25) is 0 Å². The predicted octanol–water partition coefficient (Wildman–Crippen LogP) is 2.91. The van der Waals surface area contributed by atoms with Crippen LogP contribution in [0.2, 0.25) is 0 Å². The number of aromatic nitrogens is 2. The molecule has 0 aliphatic carbocycles. The van der Waals surface area contributed by atoms with E-state index in [0.29, 0.717) is 18.9 Å². The number of piperidine rings is 1.